The van der Waals surface area contributed by atoms with Gasteiger partial charge in [-0.15, -0.1) is 0 Å². The van der Waals surface area contributed by atoms with E-state index in [2.05, 4.69) is 15.9 Å². The largest absolute Gasteiger partial charge is 0.330 e. The molecule has 2 atom stereocenters. The van der Waals surface area contributed by atoms with Gasteiger partial charge in [-0.1, -0.05) is 22.0 Å². The van der Waals surface area contributed by atoms with Crippen molar-refractivity contribution in [1.82, 2.24) is 0 Å². The Morgan fingerprint density at radius 3 is 2.65 bits per heavy atom. The van der Waals surface area contributed by atoms with E-state index in [0.717, 1.165) is 29.3 Å². The van der Waals surface area contributed by atoms with Crippen LogP contribution < -0.4 is 5.73 Å². The van der Waals surface area contributed by atoms with E-state index in [9.17, 15) is 4.39 Å². The van der Waals surface area contributed by atoms with Crippen molar-refractivity contribution in [3.8, 4) is 0 Å². The molecule has 2 N–H and O–H groups in total. The summed E-state index contributed by atoms with van der Waals surface area (Å²) in [5.41, 5.74) is 7.45. The molecule has 0 radical (unpaired) electrons. The van der Waals surface area contributed by atoms with Gasteiger partial charge in [0.1, 0.15) is 5.82 Å². The van der Waals surface area contributed by atoms with Crippen LogP contribution in [0.5, 0.6) is 0 Å². The summed E-state index contributed by atoms with van der Waals surface area (Å²) < 4.78 is 13.9. The summed E-state index contributed by atoms with van der Waals surface area (Å²) in [4.78, 5) is 0. The number of fused-ring (bicyclic) bond motifs is 1. The van der Waals surface area contributed by atoms with Gasteiger partial charge in [0, 0.05) is 4.47 Å². The van der Waals surface area contributed by atoms with Gasteiger partial charge < -0.3 is 5.73 Å². The minimum atomic E-state index is -0.184. The molecule has 17 heavy (non-hydrogen) atoms. The SMILES string of the molecule is NCC1(Cc2ccc(F)cc2Br)CC2CC2C1. The van der Waals surface area contributed by atoms with Crippen LogP contribution in [0.3, 0.4) is 0 Å². The number of rotatable bonds is 3. The highest BCUT2D eigenvalue weighted by molar-refractivity contribution is 9.10. The first kappa shape index (κ1) is 11.7. The topological polar surface area (TPSA) is 26.0 Å². The predicted molar refractivity (Wildman–Crippen MR) is 70.1 cm³/mol. The van der Waals surface area contributed by atoms with E-state index in [-0.39, 0.29) is 11.2 Å². The highest BCUT2D eigenvalue weighted by atomic mass is 79.9. The molecule has 2 aliphatic carbocycles. The molecule has 0 aliphatic heterocycles. The summed E-state index contributed by atoms with van der Waals surface area (Å²) in [5.74, 6) is 1.67. The number of hydrogen-bond donors (Lipinski definition) is 1. The monoisotopic (exact) mass is 297 g/mol. The second-order valence-corrected chi connectivity index (χ2v) is 6.64. The highest BCUT2D eigenvalue weighted by Gasteiger charge is 2.52. The molecule has 3 heteroatoms. The summed E-state index contributed by atoms with van der Waals surface area (Å²) in [6.07, 6.45) is 4.92. The van der Waals surface area contributed by atoms with Crippen molar-refractivity contribution >= 4 is 15.9 Å². The highest BCUT2D eigenvalue weighted by Crippen LogP contribution is 2.60. The maximum Gasteiger partial charge on any atom is 0.124 e. The maximum atomic E-state index is 13.1. The maximum absolute atomic E-state index is 13.1. The fraction of sp³-hybridized carbons (Fsp3) is 0.571. The van der Waals surface area contributed by atoms with Crippen molar-refractivity contribution in [1.29, 1.82) is 0 Å². The normalized spacial score (nSPS) is 34.8. The van der Waals surface area contributed by atoms with E-state index < -0.39 is 0 Å². The van der Waals surface area contributed by atoms with Crippen molar-refractivity contribution < 1.29 is 4.39 Å². The minimum Gasteiger partial charge on any atom is -0.330 e. The van der Waals surface area contributed by atoms with Crippen molar-refractivity contribution in [2.45, 2.75) is 25.7 Å². The summed E-state index contributed by atoms with van der Waals surface area (Å²) in [5, 5.41) is 0. The molecular weight excluding hydrogens is 281 g/mol. The first-order valence-corrected chi connectivity index (χ1v) is 7.05. The van der Waals surface area contributed by atoms with E-state index in [4.69, 9.17) is 5.73 Å². The van der Waals surface area contributed by atoms with Gasteiger partial charge in [-0.2, -0.15) is 0 Å². The Hall–Kier alpha value is -0.410. The first-order chi connectivity index (χ1) is 8.12. The zero-order chi connectivity index (χ0) is 12.0. The van der Waals surface area contributed by atoms with E-state index in [1.54, 1.807) is 12.1 Å². The molecule has 1 aromatic rings. The Bertz CT molecular complexity index is 436. The fourth-order valence-electron chi connectivity index (χ4n) is 3.46. The Morgan fingerprint density at radius 1 is 1.35 bits per heavy atom. The van der Waals surface area contributed by atoms with E-state index in [1.165, 1.54) is 24.8 Å². The molecule has 0 heterocycles. The van der Waals surface area contributed by atoms with Gasteiger partial charge in [0.05, 0.1) is 0 Å². The molecular formula is C14H17BrFN. The number of benzene rings is 1. The van der Waals surface area contributed by atoms with Gasteiger partial charge in [-0.25, -0.2) is 4.39 Å². The molecule has 0 spiro atoms. The van der Waals surface area contributed by atoms with Crippen molar-refractivity contribution in [3.63, 3.8) is 0 Å². The molecule has 92 valence electrons. The molecule has 2 fully saturated rings. The Labute approximate surface area is 110 Å². The molecule has 0 saturated heterocycles. The number of hydrogen-bond acceptors (Lipinski definition) is 1. The van der Waals surface area contributed by atoms with Crippen LogP contribution in [0.1, 0.15) is 24.8 Å². The van der Waals surface area contributed by atoms with Gasteiger partial charge in [-0.05, 0) is 67.2 Å². The Kier molecular flexibility index (Phi) is 2.79. The first-order valence-electron chi connectivity index (χ1n) is 6.26. The molecule has 3 rings (SSSR count). The molecule has 2 unspecified atom stereocenters. The zero-order valence-electron chi connectivity index (χ0n) is 9.76. The lowest BCUT2D eigenvalue weighted by atomic mass is 9.77. The number of nitrogens with two attached hydrogens (primary N) is 1. The third-order valence-corrected chi connectivity index (χ3v) is 5.21. The fourth-order valence-corrected chi connectivity index (χ4v) is 3.95. The molecule has 0 amide bonds. The summed E-state index contributed by atoms with van der Waals surface area (Å²) in [6.45, 7) is 0.754. The lowest BCUT2D eigenvalue weighted by Gasteiger charge is -2.30. The average molecular weight is 298 g/mol. The van der Waals surface area contributed by atoms with Crippen molar-refractivity contribution in [3.05, 3.63) is 34.1 Å². The Morgan fingerprint density at radius 2 is 2.06 bits per heavy atom. The predicted octanol–water partition coefficient (Wildman–Crippen LogP) is 3.51. The second-order valence-electron chi connectivity index (χ2n) is 5.78. The zero-order valence-corrected chi connectivity index (χ0v) is 11.3. The lowest BCUT2D eigenvalue weighted by molar-refractivity contribution is 0.272. The number of halogens is 2. The van der Waals surface area contributed by atoms with Gasteiger partial charge in [-0.3, -0.25) is 0 Å². The van der Waals surface area contributed by atoms with Gasteiger partial charge >= 0.3 is 0 Å². The van der Waals surface area contributed by atoms with Crippen LogP contribution in [-0.2, 0) is 6.42 Å². The van der Waals surface area contributed by atoms with Gasteiger partial charge in [0.25, 0.3) is 0 Å². The average Bonchev–Trinajstić information content (AvgIpc) is 2.91. The molecule has 2 aliphatic rings. The van der Waals surface area contributed by atoms with Crippen molar-refractivity contribution in [2.75, 3.05) is 6.54 Å². The third kappa shape index (κ3) is 2.15. The van der Waals surface area contributed by atoms with Gasteiger partial charge in [0.2, 0.25) is 0 Å². The van der Waals surface area contributed by atoms with Crippen LogP contribution in [0.2, 0.25) is 0 Å². The Balaban J connectivity index is 1.81. The lowest BCUT2D eigenvalue weighted by Crippen LogP contribution is -2.31. The van der Waals surface area contributed by atoms with E-state index in [0.29, 0.717) is 0 Å². The molecule has 0 bridgehead atoms. The second kappa shape index (κ2) is 4.06. The molecule has 0 aromatic heterocycles. The molecule has 1 aromatic carbocycles. The van der Waals surface area contributed by atoms with E-state index in [1.807, 2.05) is 6.07 Å². The third-order valence-electron chi connectivity index (χ3n) is 4.47. The van der Waals surface area contributed by atoms with Crippen molar-refractivity contribution in [2.24, 2.45) is 23.0 Å². The van der Waals surface area contributed by atoms with Crippen LogP contribution >= 0.6 is 15.9 Å². The standard InChI is InChI=1S/C14H17BrFN/c15-13-4-12(16)2-1-9(13)5-14(8-17)6-10-3-11(10)7-14/h1-2,4,10-11H,3,5-8,17H2. The van der Waals surface area contributed by atoms with Crippen LogP contribution in [0, 0.1) is 23.1 Å². The molecule has 1 nitrogen and oxygen atoms in total. The van der Waals surface area contributed by atoms with Crippen LogP contribution in [0.4, 0.5) is 4.39 Å². The van der Waals surface area contributed by atoms with Crippen LogP contribution in [0.25, 0.3) is 0 Å². The van der Waals surface area contributed by atoms with Gasteiger partial charge in [0.15, 0.2) is 0 Å². The summed E-state index contributed by atoms with van der Waals surface area (Å²) >= 11 is 3.45. The summed E-state index contributed by atoms with van der Waals surface area (Å²) in [6, 6.07) is 4.98. The quantitative estimate of drug-likeness (QED) is 0.908. The van der Waals surface area contributed by atoms with E-state index >= 15 is 0 Å². The molecule has 2 saturated carbocycles. The van der Waals surface area contributed by atoms with Crippen LogP contribution in [-0.4, -0.2) is 6.54 Å². The summed E-state index contributed by atoms with van der Waals surface area (Å²) in [7, 11) is 0. The minimum absolute atomic E-state index is 0.184. The smallest absolute Gasteiger partial charge is 0.124 e. The van der Waals surface area contributed by atoms with Crippen LogP contribution in [0.15, 0.2) is 22.7 Å².